The van der Waals surface area contributed by atoms with E-state index in [-0.39, 0.29) is 0 Å². The van der Waals surface area contributed by atoms with Crippen molar-refractivity contribution in [1.29, 1.82) is 5.26 Å². The van der Waals surface area contributed by atoms with Crippen molar-refractivity contribution in [1.82, 2.24) is 0 Å². The van der Waals surface area contributed by atoms with Crippen LogP contribution in [0.1, 0.15) is 65.2 Å². The molecule has 2 nitrogen and oxygen atoms in total. The summed E-state index contributed by atoms with van der Waals surface area (Å²) in [7, 11) is 0. The van der Waals surface area contributed by atoms with Gasteiger partial charge in [0.1, 0.15) is 0 Å². The first-order valence-corrected chi connectivity index (χ1v) is 7.15. The molecule has 0 bridgehead atoms. The van der Waals surface area contributed by atoms with E-state index in [1.807, 2.05) is 0 Å². The zero-order chi connectivity index (χ0) is 12.5. The number of nitriles is 1. The molecular formula is C15H25NO. The Morgan fingerprint density at radius 3 is 2.24 bits per heavy atom. The molecule has 0 heterocycles. The van der Waals surface area contributed by atoms with E-state index in [0.717, 1.165) is 44.9 Å². The Morgan fingerprint density at radius 2 is 1.71 bits per heavy atom. The highest BCUT2D eigenvalue weighted by Crippen LogP contribution is 2.52. The standard InChI is InChI=1S/C15H25NO/c1-12-5-8-15(17,9-6-12)14(11-16)7-3-4-13(2)10-14/h12-13,17H,3-10H2,1-2H3. The van der Waals surface area contributed by atoms with Gasteiger partial charge in [-0.2, -0.15) is 5.26 Å². The molecule has 0 amide bonds. The van der Waals surface area contributed by atoms with E-state index in [4.69, 9.17) is 0 Å². The maximum Gasteiger partial charge on any atom is 0.0862 e. The Morgan fingerprint density at radius 1 is 1.06 bits per heavy atom. The third-order valence-electron chi connectivity index (χ3n) is 5.20. The first kappa shape index (κ1) is 12.9. The van der Waals surface area contributed by atoms with Crippen molar-refractivity contribution < 1.29 is 5.11 Å². The molecule has 1 N–H and O–H groups in total. The fourth-order valence-corrected chi connectivity index (χ4v) is 3.90. The van der Waals surface area contributed by atoms with E-state index in [1.165, 1.54) is 6.42 Å². The minimum Gasteiger partial charge on any atom is -0.388 e. The monoisotopic (exact) mass is 235 g/mol. The molecule has 0 radical (unpaired) electrons. The number of nitrogens with zero attached hydrogens (tertiary/aromatic N) is 1. The molecule has 96 valence electrons. The van der Waals surface area contributed by atoms with Crippen LogP contribution in [0.15, 0.2) is 0 Å². The Bertz CT molecular complexity index is 311. The van der Waals surface area contributed by atoms with Gasteiger partial charge in [-0.05, 0) is 50.4 Å². The molecule has 2 fully saturated rings. The van der Waals surface area contributed by atoms with Crippen molar-refractivity contribution in [2.24, 2.45) is 17.3 Å². The second kappa shape index (κ2) is 4.61. The van der Waals surface area contributed by atoms with Crippen LogP contribution >= 0.6 is 0 Å². The van der Waals surface area contributed by atoms with Crippen molar-refractivity contribution >= 4 is 0 Å². The highest BCUT2D eigenvalue weighted by Gasteiger charge is 2.52. The predicted molar refractivity (Wildman–Crippen MR) is 68.3 cm³/mol. The fourth-order valence-electron chi connectivity index (χ4n) is 3.90. The summed E-state index contributed by atoms with van der Waals surface area (Å²) >= 11 is 0. The molecular weight excluding hydrogens is 210 g/mol. The zero-order valence-corrected chi connectivity index (χ0v) is 11.2. The third-order valence-corrected chi connectivity index (χ3v) is 5.20. The van der Waals surface area contributed by atoms with E-state index in [2.05, 4.69) is 19.9 Å². The fraction of sp³-hybridized carbons (Fsp3) is 0.933. The molecule has 0 saturated heterocycles. The van der Waals surface area contributed by atoms with Crippen LogP contribution in [-0.4, -0.2) is 10.7 Å². The van der Waals surface area contributed by atoms with Crippen LogP contribution in [0.5, 0.6) is 0 Å². The van der Waals surface area contributed by atoms with E-state index < -0.39 is 11.0 Å². The molecule has 2 aliphatic rings. The third kappa shape index (κ3) is 2.22. The summed E-state index contributed by atoms with van der Waals surface area (Å²) < 4.78 is 0. The van der Waals surface area contributed by atoms with Gasteiger partial charge in [0.2, 0.25) is 0 Å². The van der Waals surface area contributed by atoms with Crippen LogP contribution in [-0.2, 0) is 0 Å². The molecule has 0 aromatic heterocycles. The Hall–Kier alpha value is -0.550. The van der Waals surface area contributed by atoms with Crippen LogP contribution in [0.3, 0.4) is 0 Å². The quantitative estimate of drug-likeness (QED) is 0.754. The number of aliphatic hydroxyl groups is 1. The van der Waals surface area contributed by atoms with Crippen molar-refractivity contribution in [3.8, 4) is 6.07 Å². The summed E-state index contributed by atoms with van der Waals surface area (Å²) in [6, 6.07) is 2.52. The molecule has 2 unspecified atom stereocenters. The van der Waals surface area contributed by atoms with Crippen molar-refractivity contribution in [2.45, 2.75) is 70.8 Å². The maximum atomic E-state index is 11.0. The average Bonchev–Trinajstić information content (AvgIpc) is 2.33. The van der Waals surface area contributed by atoms with E-state index in [9.17, 15) is 10.4 Å². The first-order valence-electron chi connectivity index (χ1n) is 7.15. The lowest BCUT2D eigenvalue weighted by atomic mass is 9.57. The molecule has 2 heteroatoms. The zero-order valence-electron chi connectivity index (χ0n) is 11.2. The Balaban J connectivity index is 2.19. The minimum absolute atomic E-state index is 0.454. The van der Waals surface area contributed by atoms with E-state index in [0.29, 0.717) is 11.8 Å². The van der Waals surface area contributed by atoms with Gasteiger partial charge in [0.25, 0.3) is 0 Å². The molecule has 17 heavy (non-hydrogen) atoms. The SMILES string of the molecule is CC1CCC(O)(C2(C#N)CCCC(C)C2)CC1. The molecule has 0 aromatic rings. The normalized spacial score (nSPS) is 47.4. The van der Waals surface area contributed by atoms with Gasteiger partial charge in [-0.1, -0.05) is 26.7 Å². The predicted octanol–water partition coefficient (Wildman–Crippen LogP) is 3.65. The summed E-state index contributed by atoms with van der Waals surface area (Å²) in [5, 5.41) is 20.6. The number of hydrogen-bond acceptors (Lipinski definition) is 2. The molecule has 2 aliphatic carbocycles. The molecule has 2 rings (SSSR count). The van der Waals surface area contributed by atoms with Gasteiger partial charge in [0, 0.05) is 0 Å². The second-order valence-electron chi connectivity index (χ2n) is 6.61. The van der Waals surface area contributed by atoms with E-state index in [1.54, 1.807) is 0 Å². The van der Waals surface area contributed by atoms with Crippen LogP contribution in [0.25, 0.3) is 0 Å². The van der Waals surface area contributed by atoms with Gasteiger partial charge in [-0.15, -0.1) is 0 Å². The molecule has 0 aromatic carbocycles. The van der Waals surface area contributed by atoms with Gasteiger partial charge in [-0.25, -0.2) is 0 Å². The Kier molecular flexibility index (Phi) is 3.50. The lowest BCUT2D eigenvalue weighted by molar-refractivity contribution is -0.110. The average molecular weight is 235 g/mol. The van der Waals surface area contributed by atoms with Gasteiger partial charge in [-0.3, -0.25) is 0 Å². The van der Waals surface area contributed by atoms with Gasteiger partial charge < -0.3 is 5.11 Å². The summed E-state index contributed by atoms with van der Waals surface area (Å²) in [5.41, 5.74) is -1.16. The smallest absolute Gasteiger partial charge is 0.0862 e. The number of hydrogen-bond donors (Lipinski definition) is 1. The molecule has 2 saturated carbocycles. The highest BCUT2D eigenvalue weighted by atomic mass is 16.3. The lowest BCUT2D eigenvalue weighted by Gasteiger charge is -2.49. The maximum absolute atomic E-state index is 11.0. The minimum atomic E-state index is -0.705. The summed E-state index contributed by atoms with van der Waals surface area (Å²) in [6.45, 7) is 4.47. The van der Waals surface area contributed by atoms with Crippen LogP contribution < -0.4 is 0 Å². The van der Waals surface area contributed by atoms with E-state index >= 15 is 0 Å². The number of rotatable bonds is 1. The summed E-state index contributed by atoms with van der Waals surface area (Å²) in [6.07, 6.45) is 7.93. The molecule has 0 aliphatic heterocycles. The van der Waals surface area contributed by atoms with Gasteiger partial charge >= 0.3 is 0 Å². The summed E-state index contributed by atoms with van der Waals surface area (Å²) in [5.74, 6) is 1.30. The van der Waals surface area contributed by atoms with Crippen molar-refractivity contribution in [3.63, 3.8) is 0 Å². The summed E-state index contributed by atoms with van der Waals surface area (Å²) in [4.78, 5) is 0. The topological polar surface area (TPSA) is 44.0 Å². The highest BCUT2D eigenvalue weighted by molar-refractivity contribution is 5.14. The van der Waals surface area contributed by atoms with Crippen LogP contribution in [0.4, 0.5) is 0 Å². The van der Waals surface area contributed by atoms with Crippen LogP contribution in [0.2, 0.25) is 0 Å². The van der Waals surface area contributed by atoms with Gasteiger partial charge in [0.15, 0.2) is 0 Å². The lowest BCUT2D eigenvalue weighted by Crippen LogP contribution is -2.51. The largest absolute Gasteiger partial charge is 0.388 e. The molecule has 0 spiro atoms. The molecule has 2 atom stereocenters. The van der Waals surface area contributed by atoms with Crippen LogP contribution in [0, 0.1) is 28.6 Å². The van der Waals surface area contributed by atoms with Crippen molar-refractivity contribution in [3.05, 3.63) is 0 Å². The van der Waals surface area contributed by atoms with Gasteiger partial charge in [0.05, 0.1) is 17.1 Å². The van der Waals surface area contributed by atoms with Crippen molar-refractivity contribution in [2.75, 3.05) is 0 Å². The second-order valence-corrected chi connectivity index (χ2v) is 6.61. The first-order chi connectivity index (χ1) is 8.01. The Labute approximate surface area is 105 Å².